The van der Waals surface area contributed by atoms with Gasteiger partial charge in [0.05, 0.1) is 12.2 Å². The predicted octanol–water partition coefficient (Wildman–Crippen LogP) is 3.75. The molecule has 0 amide bonds. The van der Waals surface area contributed by atoms with E-state index in [-0.39, 0.29) is 5.60 Å². The second-order valence-corrected chi connectivity index (χ2v) is 7.99. The van der Waals surface area contributed by atoms with E-state index in [2.05, 4.69) is 39.9 Å². The van der Waals surface area contributed by atoms with Gasteiger partial charge in [0.25, 0.3) is 0 Å². The average Bonchev–Trinajstić information content (AvgIpc) is 2.25. The lowest BCUT2D eigenvalue weighted by Crippen LogP contribution is -2.66. The van der Waals surface area contributed by atoms with Crippen LogP contribution < -0.4 is 5.32 Å². The summed E-state index contributed by atoms with van der Waals surface area (Å²) < 4.78 is 6.19. The highest BCUT2D eigenvalue weighted by atomic mass is 16.5. The molecule has 0 radical (unpaired) electrons. The molecule has 1 spiro atoms. The zero-order chi connectivity index (χ0) is 13.4. The summed E-state index contributed by atoms with van der Waals surface area (Å²) in [5.74, 6) is 0. The lowest BCUT2D eigenvalue weighted by atomic mass is 9.57. The number of morpholine rings is 1. The molecule has 2 nitrogen and oxygen atoms in total. The van der Waals surface area contributed by atoms with Gasteiger partial charge in [-0.15, -0.1) is 0 Å². The van der Waals surface area contributed by atoms with Crippen molar-refractivity contribution in [2.75, 3.05) is 13.2 Å². The molecular weight excluding hydrogens is 222 g/mol. The van der Waals surface area contributed by atoms with Crippen molar-refractivity contribution in [3.8, 4) is 0 Å². The van der Waals surface area contributed by atoms with Gasteiger partial charge in [-0.25, -0.2) is 0 Å². The monoisotopic (exact) mass is 253 g/mol. The number of rotatable bonds is 4. The van der Waals surface area contributed by atoms with Crippen LogP contribution in [0.5, 0.6) is 0 Å². The van der Waals surface area contributed by atoms with Gasteiger partial charge in [0.15, 0.2) is 0 Å². The summed E-state index contributed by atoms with van der Waals surface area (Å²) >= 11 is 0. The number of hydrogen-bond acceptors (Lipinski definition) is 2. The Morgan fingerprint density at radius 2 is 1.94 bits per heavy atom. The molecule has 0 aromatic rings. The summed E-state index contributed by atoms with van der Waals surface area (Å²) in [5.41, 5.74) is 1.11. The Bertz CT molecular complexity index is 287. The van der Waals surface area contributed by atoms with E-state index in [1.54, 1.807) is 0 Å². The van der Waals surface area contributed by atoms with Gasteiger partial charge in [-0.3, -0.25) is 0 Å². The zero-order valence-electron chi connectivity index (χ0n) is 12.9. The summed E-state index contributed by atoms with van der Waals surface area (Å²) in [6, 6.07) is 0.574. The first-order chi connectivity index (χ1) is 8.29. The molecule has 0 aromatic carbocycles. The summed E-state index contributed by atoms with van der Waals surface area (Å²) in [4.78, 5) is 0. The lowest BCUT2D eigenvalue weighted by molar-refractivity contribution is -0.195. The van der Waals surface area contributed by atoms with Crippen molar-refractivity contribution in [3.05, 3.63) is 0 Å². The Morgan fingerprint density at radius 3 is 2.50 bits per heavy atom. The minimum absolute atomic E-state index is 0.158. The van der Waals surface area contributed by atoms with E-state index in [0.29, 0.717) is 16.9 Å². The normalized spacial score (nSPS) is 30.2. The molecule has 2 fully saturated rings. The van der Waals surface area contributed by atoms with E-state index >= 15 is 0 Å². The van der Waals surface area contributed by atoms with Crippen LogP contribution in [0.1, 0.15) is 66.7 Å². The van der Waals surface area contributed by atoms with E-state index in [4.69, 9.17) is 4.74 Å². The first-order valence-corrected chi connectivity index (χ1v) is 7.66. The van der Waals surface area contributed by atoms with Gasteiger partial charge in [0.1, 0.15) is 0 Å². The molecule has 2 rings (SSSR count). The highest BCUT2D eigenvalue weighted by Crippen LogP contribution is 2.53. The number of ether oxygens (including phenoxy) is 1. The molecule has 1 aliphatic heterocycles. The van der Waals surface area contributed by atoms with Crippen molar-refractivity contribution in [1.29, 1.82) is 0 Å². The Balaban J connectivity index is 1.94. The van der Waals surface area contributed by atoms with Gasteiger partial charge in [0.2, 0.25) is 0 Å². The third-order valence-electron chi connectivity index (χ3n) is 5.14. The smallest absolute Gasteiger partial charge is 0.0845 e. The summed E-state index contributed by atoms with van der Waals surface area (Å²) in [7, 11) is 0. The molecule has 1 N–H and O–H groups in total. The zero-order valence-corrected chi connectivity index (χ0v) is 12.9. The summed E-state index contributed by atoms with van der Waals surface area (Å²) in [6.45, 7) is 13.7. The molecule has 0 aromatic heterocycles. The fourth-order valence-electron chi connectivity index (χ4n) is 3.77. The maximum Gasteiger partial charge on any atom is 0.0845 e. The van der Waals surface area contributed by atoms with E-state index in [9.17, 15) is 0 Å². The molecule has 2 aliphatic rings. The van der Waals surface area contributed by atoms with Crippen molar-refractivity contribution < 1.29 is 4.74 Å². The first kappa shape index (κ1) is 14.3. The van der Waals surface area contributed by atoms with Crippen LogP contribution in [0, 0.1) is 10.8 Å². The SMILES string of the molecule is CCC(C)(C)CCC1NCCOC12CC(C)(C)C2. The number of hydrogen-bond donors (Lipinski definition) is 1. The predicted molar refractivity (Wildman–Crippen MR) is 76.8 cm³/mol. The second-order valence-electron chi connectivity index (χ2n) is 7.99. The number of nitrogens with one attached hydrogen (secondary N) is 1. The summed E-state index contributed by atoms with van der Waals surface area (Å²) in [6.07, 6.45) is 6.27. The van der Waals surface area contributed by atoms with Gasteiger partial charge in [-0.05, 0) is 36.5 Å². The van der Waals surface area contributed by atoms with E-state index in [0.717, 1.165) is 13.2 Å². The van der Waals surface area contributed by atoms with E-state index < -0.39 is 0 Å². The molecule has 0 bridgehead atoms. The van der Waals surface area contributed by atoms with Gasteiger partial charge in [-0.2, -0.15) is 0 Å². The van der Waals surface area contributed by atoms with Gasteiger partial charge >= 0.3 is 0 Å². The van der Waals surface area contributed by atoms with Crippen molar-refractivity contribution in [2.45, 2.75) is 78.4 Å². The maximum absolute atomic E-state index is 6.19. The molecule has 1 unspecified atom stereocenters. The maximum atomic E-state index is 6.19. The third kappa shape index (κ3) is 2.91. The molecule has 2 heteroatoms. The van der Waals surface area contributed by atoms with Crippen molar-refractivity contribution >= 4 is 0 Å². The highest BCUT2D eigenvalue weighted by molar-refractivity contribution is 5.09. The van der Waals surface area contributed by atoms with Crippen LogP contribution in [-0.2, 0) is 4.74 Å². The summed E-state index contributed by atoms with van der Waals surface area (Å²) in [5, 5.41) is 3.72. The molecule has 1 atom stereocenters. The molecule has 1 aliphatic carbocycles. The van der Waals surface area contributed by atoms with Crippen molar-refractivity contribution in [1.82, 2.24) is 5.32 Å². The quantitative estimate of drug-likeness (QED) is 0.824. The van der Waals surface area contributed by atoms with Crippen LogP contribution in [0.15, 0.2) is 0 Å². The largest absolute Gasteiger partial charge is 0.372 e. The van der Waals surface area contributed by atoms with Gasteiger partial charge < -0.3 is 10.1 Å². The van der Waals surface area contributed by atoms with Gasteiger partial charge in [0, 0.05) is 12.6 Å². The van der Waals surface area contributed by atoms with Crippen molar-refractivity contribution in [3.63, 3.8) is 0 Å². The Hall–Kier alpha value is -0.0800. The highest BCUT2D eigenvalue weighted by Gasteiger charge is 2.55. The van der Waals surface area contributed by atoms with Crippen LogP contribution in [0.3, 0.4) is 0 Å². The molecule has 106 valence electrons. The first-order valence-electron chi connectivity index (χ1n) is 7.66. The molecule has 1 saturated carbocycles. The van der Waals surface area contributed by atoms with E-state index in [1.165, 1.54) is 32.1 Å². The second kappa shape index (κ2) is 4.79. The van der Waals surface area contributed by atoms with Crippen LogP contribution in [0.25, 0.3) is 0 Å². The minimum Gasteiger partial charge on any atom is -0.372 e. The Kier molecular flexibility index (Phi) is 3.81. The fourth-order valence-corrected chi connectivity index (χ4v) is 3.77. The standard InChI is InChI=1S/C16H31NO/c1-6-14(2,3)8-7-13-16(18-10-9-17-13)11-15(4,5)12-16/h13,17H,6-12H2,1-5H3. The Morgan fingerprint density at radius 1 is 1.28 bits per heavy atom. The average molecular weight is 253 g/mol. The van der Waals surface area contributed by atoms with Crippen LogP contribution >= 0.6 is 0 Å². The van der Waals surface area contributed by atoms with Crippen LogP contribution in [0.4, 0.5) is 0 Å². The molecule has 18 heavy (non-hydrogen) atoms. The third-order valence-corrected chi connectivity index (χ3v) is 5.14. The minimum atomic E-state index is 0.158. The topological polar surface area (TPSA) is 21.3 Å². The van der Waals surface area contributed by atoms with Gasteiger partial charge in [-0.1, -0.05) is 41.0 Å². The molecule has 1 heterocycles. The molecular formula is C16H31NO. The van der Waals surface area contributed by atoms with Crippen LogP contribution in [0.2, 0.25) is 0 Å². The van der Waals surface area contributed by atoms with Crippen molar-refractivity contribution in [2.24, 2.45) is 10.8 Å². The fraction of sp³-hybridized carbons (Fsp3) is 1.00. The molecule has 1 saturated heterocycles. The van der Waals surface area contributed by atoms with E-state index in [1.807, 2.05) is 0 Å². The Labute approximate surface area is 113 Å². The lowest BCUT2D eigenvalue weighted by Gasteiger charge is -2.58. The van der Waals surface area contributed by atoms with Crippen LogP contribution in [-0.4, -0.2) is 24.8 Å².